The van der Waals surface area contributed by atoms with Gasteiger partial charge in [-0.25, -0.2) is 0 Å². The van der Waals surface area contributed by atoms with Crippen LogP contribution in [0.15, 0.2) is 27.3 Å². The molecule has 1 heterocycles. The molecule has 0 spiro atoms. The van der Waals surface area contributed by atoms with Crippen molar-refractivity contribution in [2.45, 2.75) is 12.5 Å². The maximum Gasteiger partial charge on any atom is 0.167 e. The van der Waals surface area contributed by atoms with E-state index in [1.807, 2.05) is 6.07 Å². The van der Waals surface area contributed by atoms with Crippen molar-refractivity contribution in [2.24, 2.45) is 0 Å². The van der Waals surface area contributed by atoms with Gasteiger partial charge in [0, 0.05) is 16.3 Å². The van der Waals surface area contributed by atoms with Gasteiger partial charge in [0.2, 0.25) is 0 Å². The quantitative estimate of drug-likeness (QED) is 0.850. The predicted molar refractivity (Wildman–Crippen MR) is 60.1 cm³/mol. The van der Waals surface area contributed by atoms with E-state index in [2.05, 4.69) is 27.0 Å². The van der Waals surface area contributed by atoms with E-state index in [0.717, 1.165) is 15.4 Å². The molecule has 1 aromatic carbocycles. The van der Waals surface area contributed by atoms with Crippen molar-refractivity contribution in [3.05, 3.63) is 28.4 Å². The molecule has 0 aliphatic rings. The van der Waals surface area contributed by atoms with Gasteiger partial charge in [-0.05, 0) is 17.7 Å². The summed E-state index contributed by atoms with van der Waals surface area (Å²) < 4.78 is 5.76. The van der Waals surface area contributed by atoms with Crippen molar-refractivity contribution < 1.29 is 9.63 Å². The van der Waals surface area contributed by atoms with Crippen molar-refractivity contribution in [3.63, 3.8) is 0 Å². The molecule has 1 aromatic heterocycles. The zero-order chi connectivity index (χ0) is 10.8. The van der Waals surface area contributed by atoms with E-state index in [9.17, 15) is 5.11 Å². The number of fused-ring (bicyclic) bond motifs is 1. The summed E-state index contributed by atoms with van der Waals surface area (Å²) in [4.78, 5) is 0. The molecule has 0 aliphatic carbocycles. The first-order valence-corrected chi connectivity index (χ1v) is 5.17. The van der Waals surface area contributed by atoms with Crippen LogP contribution in [0.25, 0.3) is 11.0 Å². The molecular formula is C11H8BrNO2. The number of halogens is 1. The first-order chi connectivity index (χ1) is 7.22. The lowest BCUT2D eigenvalue weighted by Crippen LogP contribution is -1.96. The fourth-order valence-corrected chi connectivity index (χ4v) is 1.97. The second-order valence-electron chi connectivity index (χ2n) is 3.16. The highest BCUT2D eigenvalue weighted by atomic mass is 79.9. The topological polar surface area (TPSA) is 46.3 Å². The van der Waals surface area contributed by atoms with Crippen LogP contribution in [0.3, 0.4) is 0 Å². The lowest BCUT2D eigenvalue weighted by Gasteiger charge is -2.09. The Hall–Kier alpha value is -1.31. The van der Waals surface area contributed by atoms with Crippen LogP contribution < -0.4 is 0 Å². The largest absolute Gasteiger partial charge is 0.387 e. The van der Waals surface area contributed by atoms with Crippen LogP contribution in [0.1, 0.15) is 18.1 Å². The van der Waals surface area contributed by atoms with Crippen molar-refractivity contribution in [3.8, 4) is 12.3 Å². The van der Waals surface area contributed by atoms with Crippen molar-refractivity contribution in [1.29, 1.82) is 0 Å². The van der Waals surface area contributed by atoms with Crippen LogP contribution in [0.2, 0.25) is 0 Å². The molecule has 4 heteroatoms. The third-order valence-corrected chi connectivity index (χ3v) is 2.83. The first kappa shape index (κ1) is 10.2. The molecule has 3 nitrogen and oxygen atoms in total. The third kappa shape index (κ3) is 1.89. The summed E-state index contributed by atoms with van der Waals surface area (Å²) >= 11 is 3.36. The predicted octanol–water partition coefficient (Wildman–Crippen LogP) is 2.65. The average Bonchev–Trinajstić information content (AvgIpc) is 2.63. The van der Waals surface area contributed by atoms with Crippen molar-refractivity contribution >= 4 is 26.9 Å². The Kier molecular flexibility index (Phi) is 2.76. The van der Waals surface area contributed by atoms with Crippen LogP contribution in [0.4, 0.5) is 0 Å². The minimum atomic E-state index is -0.663. The molecule has 0 radical (unpaired) electrons. The van der Waals surface area contributed by atoms with Crippen LogP contribution in [-0.2, 0) is 0 Å². The average molecular weight is 266 g/mol. The maximum absolute atomic E-state index is 9.77. The number of benzene rings is 1. The van der Waals surface area contributed by atoms with Gasteiger partial charge in [-0.2, -0.15) is 0 Å². The van der Waals surface area contributed by atoms with E-state index in [4.69, 9.17) is 10.9 Å². The third-order valence-electron chi connectivity index (χ3n) is 2.14. The number of nitrogens with zero attached hydrogens (tertiary/aromatic N) is 1. The van der Waals surface area contributed by atoms with E-state index < -0.39 is 6.10 Å². The highest BCUT2D eigenvalue weighted by Crippen LogP contribution is 2.30. The molecule has 0 saturated carbocycles. The minimum Gasteiger partial charge on any atom is -0.387 e. The molecule has 1 atom stereocenters. The Labute approximate surface area is 95.2 Å². The van der Waals surface area contributed by atoms with Crippen LogP contribution in [0, 0.1) is 12.3 Å². The molecular weight excluding hydrogens is 258 g/mol. The smallest absolute Gasteiger partial charge is 0.167 e. The normalized spacial score (nSPS) is 12.6. The molecule has 0 fully saturated rings. The lowest BCUT2D eigenvalue weighted by molar-refractivity contribution is 0.183. The second-order valence-corrected chi connectivity index (χ2v) is 4.02. The summed E-state index contributed by atoms with van der Waals surface area (Å²) in [5.74, 6) is 2.43. The maximum atomic E-state index is 9.77. The van der Waals surface area contributed by atoms with Gasteiger partial charge in [0.05, 0.1) is 12.3 Å². The highest BCUT2D eigenvalue weighted by Gasteiger charge is 2.12. The summed E-state index contributed by atoms with van der Waals surface area (Å²) in [6, 6.07) is 3.59. The Bertz CT molecular complexity index is 527. The summed E-state index contributed by atoms with van der Waals surface area (Å²) in [5, 5.41) is 14.3. The molecule has 0 aliphatic heterocycles. The zero-order valence-corrected chi connectivity index (χ0v) is 9.36. The van der Waals surface area contributed by atoms with E-state index >= 15 is 0 Å². The number of hydrogen-bond acceptors (Lipinski definition) is 3. The van der Waals surface area contributed by atoms with Gasteiger partial charge in [0.15, 0.2) is 5.58 Å². The fourth-order valence-electron chi connectivity index (χ4n) is 1.39. The van der Waals surface area contributed by atoms with Crippen molar-refractivity contribution in [2.75, 3.05) is 0 Å². The molecule has 76 valence electrons. The summed E-state index contributed by atoms with van der Waals surface area (Å²) in [6.45, 7) is 0. The summed E-state index contributed by atoms with van der Waals surface area (Å²) in [7, 11) is 0. The molecule has 1 N–H and O–H groups in total. The Morgan fingerprint density at radius 1 is 1.60 bits per heavy atom. The molecule has 0 bridgehead atoms. The molecule has 0 saturated heterocycles. The summed E-state index contributed by atoms with van der Waals surface area (Å²) in [5.41, 5.74) is 1.43. The molecule has 0 amide bonds. The van der Waals surface area contributed by atoms with Crippen LogP contribution in [-0.4, -0.2) is 10.3 Å². The van der Waals surface area contributed by atoms with Gasteiger partial charge in [0.25, 0.3) is 0 Å². The van der Waals surface area contributed by atoms with Crippen LogP contribution >= 0.6 is 15.9 Å². The van der Waals surface area contributed by atoms with E-state index in [-0.39, 0.29) is 6.42 Å². The number of aliphatic hydroxyl groups excluding tert-OH is 1. The standard InChI is InChI=1S/C11H8BrNO2/c1-2-3-10(14)8-4-7-6-13-15-11(7)5-9(8)12/h1,4-6,10,14H,3H2. The molecule has 2 aromatic rings. The van der Waals surface area contributed by atoms with Gasteiger partial charge in [-0.3, -0.25) is 0 Å². The zero-order valence-electron chi connectivity index (χ0n) is 7.77. The number of hydrogen-bond donors (Lipinski definition) is 1. The monoisotopic (exact) mass is 265 g/mol. The molecule has 1 unspecified atom stereocenters. The molecule has 15 heavy (non-hydrogen) atoms. The highest BCUT2D eigenvalue weighted by molar-refractivity contribution is 9.10. The minimum absolute atomic E-state index is 0.287. The Balaban J connectivity index is 2.51. The van der Waals surface area contributed by atoms with Crippen molar-refractivity contribution in [1.82, 2.24) is 5.16 Å². The first-order valence-electron chi connectivity index (χ1n) is 4.37. The van der Waals surface area contributed by atoms with Gasteiger partial charge in [0.1, 0.15) is 0 Å². The van der Waals surface area contributed by atoms with Crippen LogP contribution in [0.5, 0.6) is 0 Å². The fraction of sp³-hybridized carbons (Fsp3) is 0.182. The van der Waals surface area contributed by atoms with Gasteiger partial charge < -0.3 is 9.63 Å². The van der Waals surface area contributed by atoms with Gasteiger partial charge >= 0.3 is 0 Å². The van der Waals surface area contributed by atoms with Gasteiger partial charge in [-0.15, -0.1) is 12.3 Å². The number of aromatic nitrogens is 1. The number of aliphatic hydroxyl groups is 1. The SMILES string of the molecule is C#CCC(O)c1cc2cnoc2cc1Br. The lowest BCUT2D eigenvalue weighted by atomic mass is 10.1. The Morgan fingerprint density at radius 3 is 3.13 bits per heavy atom. The van der Waals surface area contributed by atoms with E-state index in [0.29, 0.717) is 5.58 Å². The van der Waals surface area contributed by atoms with Gasteiger partial charge in [-0.1, -0.05) is 21.1 Å². The second kappa shape index (κ2) is 4.05. The summed E-state index contributed by atoms with van der Waals surface area (Å²) in [6.07, 6.45) is 6.38. The number of rotatable bonds is 2. The van der Waals surface area contributed by atoms with E-state index in [1.54, 1.807) is 12.3 Å². The Morgan fingerprint density at radius 2 is 2.40 bits per heavy atom. The number of terminal acetylenes is 1. The molecule has 2 rings (SSSR count). The van der Waals surface area contributed by atoms with E-state index in [1.165, 1.54) is 0 Å².